The fraction of sp³-hybridized carbons (Fsp3) is 0.462. The molecule has 0 aromatic heterocycles. The molecule has 0 spiro atoms. The second-order valence-corrected chi connectivity index (χ2v) is 4.66. The average Bonchev–Trinajstić information content (AvgIpc) is 2.60. The van der Waals surface area contributed by atoms with Crippen molar-refractivity contribution < 1.29 is 14.3 Å². The molecule has 0 unspecified atom stereocenters. The maximum atomic E-state index is 12.8. The predicted molar refractivity (Wildman–Crippen MR) is 62.4 cm³/mol. The van der Waals surface area contributed by atoms with E-state index < -0.39 is 5.97 Å². The lowest BCUT2D eigenvalue weighted by molar-refractivity contribution is -0.138. The Labute approximate surface area is 99.9 Å². The summed E-state index contributed by atoms with van der Waals surface area (Å²) in [5, 5.41) is 8.79. The molecule has 1 fully saturated rings. The standard InChI is InChI=1S/C13H16FNO2/c1-9-6-11(7-15(9)8-13(16)17)10-2-4-12(14)5-3-10/h2-5,9,11H,6-8H2,1H3,(H,16,17)/t9-,11-/m0/s1. The van der Waals surface area contributed by atoms with Crippen molar-refractivity contribution in [3.8, 4) is 0 Å². The summed E-state index contributed by atoms with van der Waals surface area (Å²) in [5.41, 5.74) is 1.09. The number of aliphatic carboxylic acids is 1. The summed E-state index contributed by atoms with van der Waals surface area (Å²) in [6, 6.07) is 6.76. The van der Waals surface area contributed by atoms with Crippen LogP contribution in [0.3, 0.4) is 0 Å². The van der Waals surface area contributed by atoms with E-state index in [2.05, 4.69) is 0 Å². The number of nitrogens with zero attached hydrogens (tertiary/aromatic N) is 1. The van der Waals surface area contributed by atoms with Crippen molar-refractivity contribution in [3.63, 3.8) is 0 Å². The van der Waals surface area contributed by atoms with Crippen molar-refractivity contribution in [1.82, 2.24) is 4.90 Å². The van der Waals surface area contributed by atoms with Gasteiger partial charge in [-0.25, -0.2) is 4.39 Å². The molecule has 2 rings (SSSR count). The Morgan fingerprint density at radius 1 is 1.47 bits per heavy atom. The number of carboxylic acid groups (broad SMARTS) is 1. The first-order valence-electron chi connectivity index (χ1n) is 5.77. The van der Waals surface area contributed by atoms with Crippen LogP contribution in [0.15, 0.2) is 24.3 Å². The summed E-state index contributed by atoms with van der Waals surface area (Å²) in [5.74, 6) is -0.719. The Balaban J connectivity index is 2.05. The minimum absolute atomic E-state index is 0.0822. The van der Waals surface area contributed by atoms with Gasteiger partial charge in [0, 0.05) is 12.6 Å². The molecule has 1 N–H and O–H groups in total. The third-order valence-electron chi connectivity index (χ3n) is 3.38. The molecule has 92 valence electrons. The molecule has 1 saturated heterocycles. The van der Waals surface area contributed by atoms with Crippen LogP contribution in [0.1, 0.15) is 24.8 Å². The number of halogens is 1. The number of hydrogen-bond acceptors (Lipinski definition) is 2. The van der Waals surface area contributed by atoms with Crippen LogP contribution in [0.2, 0.25) is 0 Å². The molecule has 1 aromatic rings. The monoisotopic (exact) mass is 237 g/mol. The Hall–Kier alpha value is -1.42. The van der Waals surface area contributed by atoms with Gasteiger partial charge in [0.25, 0.3) is 0 Å². The van der Waals surface area contributed by atoms with E-state index in [0.717, 1.165) is 18.5 Å². The zero-order valence-corrected chi connectivity index (χ0v) is 9.77. The molecule has 1 aromatic carbocycles. The Bertz CT molecular complexity index is 404. The number of likely N-dealkylation sites (tertiary alicyclic amines) is 1. The number of carboxylic acids is 1. The lowest BCUT2D eigenvalue weighted by atomic mass is 9.97. The third-order valence-corrected chi connectivity index (χ3v) is 3.38. The van der Waals surface area contributed by atoms with Crippen molar-refractivity contribution in [2.24, 2.45) is 0 Å². The predicted octanol–water partition coefficient (Wildman–Crippen LogP) is 2.09. The highest BCUT2D eigenvalue weighted by Crippen LogP contribution is 2.31. The Kier molecular flexibility index (Phi) is 3.43. The lowest BCUT2D eigenvalue weighted by Gasteiger charge is -2.17. The number of rotatable bonds is 3. The summed E-state index contributed by atoms with van der Waals surface area (Å²) >= 11 is 0. The summed E-state index contributed by atoms with van der Waals surface area (Å²) < 4.78 is 12.8. The van der Waals surface area contributed by atoms with Gasteiger partial charge in [0.2, 0.25) is 0 Å². The van der Waals surface area contributed by atoms with Crippen LogP contribution in [-0.4, -0.2) is 35.1 Å². The lowest BCUT2D eigenvalue weighted by Crippen LogP contribution is -2.32. The van der Waals surface area contributed by atoms with Gasteiger partial charge >= 0.3 is 5.97 Å². The molecule has 0 amide bonds. The van der Waals surface area contributed by atoms with Crippen LogP contribution in [0, 0.1) is 5.82 Å². The van der Waals surface area contributed by atoms with E-state index in [1.54, 1.807) is 12.1 Å². The number of hydrogen-bond donors (Lipinski definition) is 1. The van der Waals surface area contributed by atoms with Gasteiger partial charge in [-0.15, -0.1) is 0 Å². The van der Waals surface area contributed by atoms with Crippen LogP contribution >= 0.6 is 0 Å². The summed E-state index contributed by atoms with van der Waals surface area (Å²) in [7, 11) is 0. The first kappa shape index (κ1) is 12.0. The van der Waals surface area contributed by atoms with Crippen LogP contribution in [-0.2, 0) is 4.79 Å². The Morgan fingerprint density at radius 3 is 2.71 bits per heavy atom. The Morgan fingerprint density at radius 2 is 2.12 bits per heavy atom. The molecular formula is C13H16FNO2. The van der Waals surface area contributed by atoms with Crippen LogP contribution in [0.25, 0.3) is 0 Å². The molecule has 1 aliphatic heterocycles. The van der Waals surface area contributed by atoms with Gasteiger partial charge in [0.05, 0.1) is 6.54 Å². The highest BCUT2D eigenvalue weighted by atomic mass is 19.1. The molecular weight excluding hydrogens is 221 g/mol. The summed E-state index contributed by atoms with van der Waals surface area (Å²) in [6.45, 7) is 2.85. The maximum absolute atomic E-state index is 12.8. The summed E-state index contributed by atoms with van der Waals surface area (Å²) in [4.78, 5) is 12.7. The first-order valence-corrected chi connectivity index (χ1v) is 5.77. The molecule has 0 bridgehead atoms. The minimum Gasteiger partial charge on any atom is -0.480 e. The zero-order valence-electron chi connectivity index (χ0n) is 9.77. The smallest absolute Gasteiger partial charge is 0.317 e. The van der Waals surface area contributed by atoms with E-state index in [9.17, 15) is 9.18 Å². The van der Waals surface area contributed by atoms with Gasteiger partial charge in [-0.1, -0.05) is 12.1 Å². The third kappa shape index (κ3) is 2.82. The highest BCUT2D eigenvalue weighted by Gasteiger charge is 2.30. The van der Waals surface area contributed by atoms with Gasteiger partial charge in [-0.05, 0) is 37.0 Å². The SMILES string of the molecule is C[C@H]1C[C@H](c2ccc(F)cc2)CN1CC(=O)O. The molecule has 3 nitrogen and oxygen atoms in total. The number of carbonyl (C=O) groups is 1. The first-order chi connectivity index (χ1) is 8.06. The highest BCUT2D eigenvalue weighted by molar-refractivity contribution is 5.69. The van der Waals surface area contributed by atoms with Gasteiger partial charge < -0.3 is 5.11 Å². The number of benzene rings is 1. The molecule has 1 aliphatic rings. The molecule has 0 radical (unpaired) electrons. The molecule has 1 heterocycles. The average molecular weight is 237 g/mol. The molecule has 0 saturated carbocycles. The van der Waals surface area contributed by atoms with E-state index in [4.69, 9.17) is 5.11 Å². The van der Waals surface area contributed by atoms with E-state index in [1.165, 1.54) is 12.1 Å². The summed E-state index contributed by atoms with van der Waals surface area (Å²) in [6.07, 6.45) is 0.929. The van der Waals surface area contributed by atoms with Crippen LogP contribution in [0.4, 0.5) is 4.39 Å². The quantitative estimate of drug-likeness (QED) is 0.875. The topological polar surface area (TPSA) is 40.5 Å². The fourth-order valence-electron chi connectivity index (χ4n) is 2.47. The molecule has 17 heavy (non-hydrogen) atoms. The van der Waals surface area contributed by atoms with Crippen molar-refractivity contribution in [3.05, 3.63) is 35.6 Å². The van der Waals surface area contributed by atoms with Gasteiger partial charge in [-0.2, -0.15) is 0 Å². The molecule has 2 atom stereocenters. The second-order valence-electron chi connectivity index (χ2n) is 4.66. The molecule has 4 heteroatoms. The zero-order chi connectivity index (χ0) is 12.4. The van der Waals surface area contributed by atoms with Crippen molar-refractivity contribution >= 4 is 5.97 Å². The fourth-order valence-corrected chi connectivity index (χ4v) is 2.47. The maximum Gasteiger partial charge on any atom is 0.317 e. The van der Waals surface area contributed by atoms with Gasteiger partial charge in [0.15, 0.2) is 0 Å². The van der Waals surface area contributed by atoms with Crippen molar-refractivity contribution in [2.45, 2.75) is 25.3 Å². The van der Waals surface area contributed by atoms with Gasteiger partial charge in [0.1, 0.15) is 5.82 Å². The van der Waals surface area contributed by atoms with E-state index in [-0.39, 0.29) is 18.4 Å². The van der Waals surface area contributed by atoms with E-state index in [0.29, 0.717) is 5.92 Å². The van der Waals surface area contributed by atoms with Crippen molar-refractivity contribution in [2.75, 3.05) is 13.1 Å². The normalized spacial score (nSPS) is 25.1. The largest absolute Gasteiger partial charge is 0.480 e. The van der Waals surface area contributed by atoms with Crippen LogP contribution in [0.5, 0.6) is 0 Å². The second kappa shape index (κ2) is 4.84. The van der Waals surface area contributed by atoms with E-state index >= 15 is 0 Å². The van der Waals surface area contributed by atoms with Crippen LogP contribution < -0.4 is 0 Å². The van der Waals surface area contributed by atoms with Crippen molar-refractivity contribution in [1.29, 1.82) is 0 Å². The minimum atomic E-state index is -0.795. The molecule has 0 aliphatic carbocycles. The van der Waals surface area contributed by atoms with E-state index in [1.807, 2.05) is 11.8 Å². The van der Waals surface area contributed by atoms with Gasteiger partial charge in [-0.3, -0.25) is 9.69 Å².